The molecule has 1 heterocycles. The summed E-state index contributed by atoms with van der Waals surface area (Å²) in [4.78, 5) is 24.9. The van der Waals surface area contributed by atoms with Crippen LogP contribution in [0.25, 0.3) is 0 Å². The maximum absolute atomic E-state index is 12.6. The first-order valence-electron chi connectivity index (χ1n) is 9.44. The van der Waals surface area contributed by atoms with Gasteiger partial charge in [-0.2, -0.15) is 0 Å². The Morgan fingerprint density at radius 1 is 1.23 bits per heavy atom. The van der Waals surface area contributed by atoms with Crippen LogP contribution in [-0.2, 0) is 14.3 Å². The topological polar surface area (TPSA) is 67.4 Å². The molecule has 1 amide bonds. The Hall–Kier alpha value is -1.59. The second-order valence-corrected chi connectivity index (χ2v) is 7.07. The van der Waals surface area contributed by atoms with Crippen LogP contribution in [-0.4, -0.2) is 37.1 Å². The largest absolute Gasteiger partial charge is 0.465 e. The minimum absolute atomic E-state index is 0. The second kappa shape index (κ2) is 9.93. The third-order valence-electron chi connectivity index (χ3n) is 5.43. The fraction of sp³-hybridized carbons (Fsp3) is 0.600. The summed E-state index contributed by atoms with van der Waals surface area (Å²) in [7, 11) is 0. The van der Waals surface area contributed by atoms with Crippen LogP contribution in [0.2, 0.25) is 0 Å². The second-order valence-electron chi connectivity index (χ2n) is 7.07. The fourth-order valence-corrected chi connectivity index (χ4v) is 4.11. The molecule has 26 heavy (non-hydrogen) atoms. The van der Waals surface area contributed by atoms with E-state index in [9.17, 15) is 9.59 Å². The van der Waals surface area contributed by atoms with E-state index in [1.807, 2.05) is 30.3 Å². The zero-order chi connectivity index (χ0) is 17.6. The average molecular weight is 381 g/mol. The molecular formula is C20H29ClN2O3. The van der Waals surface area contributed by atoms with E-state index in [1.165, 1.54) is 25.7 Å². The van der Waals surface area contributed by atoms with Crippen molar-refractivity contribution in [2.24, 2.45) is 5.92 Å². The molecule has 6 heteroatoms. The molecule has 4 atom stereocenters. The number of ether oxygens (including phenoxy) is 1. The first-order valence-corrected chi connectivity index (χ1v) is 9.44. The molecule has 1 aromatic rings. The van der Waals surface area contributed by atoms with E-state index in [0.717, 1.165) is 12.0 Å². The summed E-state index contributed by atoms with van der Waals surface area (Å²) in [5.41, 5.74) is 0.870. The lowest BCUT2D eigenvalue weighted by Crippen LogP contribution is -2.45. The van der Waals surface area contributed by atoms with Crippen LogP contribution in [0.3, 0.4) is 0 Å². The quantitative estimate of drug-likeness (QED) is 0.745. The Labute approximate surface area is 161 Å². The number of carbonyl (C=O) groups is 2. The first kappa shape index (κ1) is 20.7. The molecule has 2 N–H and O–H groups in total. The highest BCUT2D eigenvalue weighted by molar-refractivity contribution is 5.85. The fourth-order valence-electron chi connectivity index (χ4n) is 4.11. The minimum Gasteiger partial charge on any atom is -0.465 e. The van der Waals surface area contributed by atoms with Crippen molar-refractivity contribution in [2.75, 3.05) is 13.2 Å². The molecule has 3 rings (SSSR count). The van der Waals surface area contributed by atoms with Gasteiger partial charge in [0.1, 0.15) is 0 Å². The van der Waals surface area contributed by atoms with Crippen LogP contribution in [0.1, 0.15) is 50.5 Å². The van der Waals surface area contributed by atoms with Gasteiger partial charge >= 0.3 is 5.97 Å². The Bertz CT molecular complexity index is 582. The molecule has 0 aromatic heterocycles. The van der Waals surface area contributed by atoms with Gasteiger partial charge < -0.3 is 15.4 Å². The Kier molecular flexibility index (Phi) is 7.91. The third kappa shape index (κ3) is 4.98. The lowest BCUT2D eigenvalue weighted by atomic mass is 9.85. The van der Waals surface area contributed by atoms with Gasteiger partial charge in [0, 0.05) is 12.6 Å². The molecule has 1 saturated carbocycles. The molecular weight excluding hydrogens is 352 g/mol. The van der Waals surface area contributed by atoms with E-state index >= 15 is 0 Å². The number of benzene rings is 1. The van der Waals surface area contributed by atoms with Crippen molar-refractivity contribution in [3.05, 3.63) is 35.9 Å². The van der Waals surface area contributed by atoms with Crippen molar-refractivity contribution in [1.29, 1.82) is 0 Å². The summed E-state index contributed by atoms with van der Waals surface area (Å²) < 4.78 is 5.19. The highest BCUT2D eigenvalue weighted by atomic mass is 35.5. The molecule has 4 unspecified atom stereocenters. The predicted molar refractivity (Wildman–Crippen MR) is 103 cm³/mol. The molecule has 144 valence electrons. The lowest BCUT2D eigenvalue weighted by molar-refractivity contribution is -0.144. The van der Waals surface area contributed by atoms with Crippen molar-refractivity contribution in [1.82, 2.24) is 10.6 Å². The maximum atomic E-state index is 12.6. The van der Waals surface area contributed by atoms with Crippen LogP contribution in [0.5, 0.6) is 0 Å². The SMILES string of the molecule is CCOC(=O)C(CNC(=O)C1CC2CCCCC2N1)c1ccccc1.Cl. The van der Waals surface area contributed by atoms with Gasteiger partial charge in [0.25, 0.3) is 0 Å². The zero-order valence-electron chi connectivity index (χ0n) is 15.3. The van der Waals surface area contributed by atoms with Gasteiger partial charge in [0.2, 0.25) is 5.91 Å². The van der Waals surface area contributed by atoms with Crippen molar-refractivity contribution in [3.8, 4) is 0 Å². The van der Waals surface area contributed by atoms with Gasteiger partial charge in [-0.25, -0.2) is 0 Å². The number of hydrogen-bond donors (Lipinski definition) is 2. The summed E-state index contributed by atoms with van der Waals surface area (Å²) in [6, 6.07) is 9.85. The molecule has 0 bridgehead atoms. The highest BCUT2D eigenvalue weighted by Crippen LogP contribution is 2.33. The summed E-state index contributed by atoms with van der Waals surface area (Å²) in [6.07, 6.45) is 5.82. The van der Waals surface area contributed by atoms with Gasteiger partial charge in [-0.05, 0) is 37.7 Å². The number of esters is 1. The van der Waals surface area contributed by atoms with Crippen LogP contribution in [0.15, 0.2) is 30.3 Å². The van der Waals surface area contributed by atoms with Crippen LogP contribution in [0.4, 0.5) is 0 Å². The molecule has 1 saturated heterocycles. The number of hydrogen-bond acceptors (Lipinski definition) is 4. The van der Waals surface area contributed by atoms with Crippen LogP contribution in [0, 0.1) is 5.92 Å². The van der Waals surface area contributed by atoms with Crippen LogP contribution < -0.4 is 10.6 Å². The molecule has 1 aliphatic carbocycles. The van der Waals surface area contributed by atoms with E-state index in [2.05, 4.69) is 10.6 Å². The average Bonchev–Trinajstić information content (AvgIpc) is 3.07. The number of fused-ring (bicyclic) bond motifs is 1. The monoisotopic (exact) mass is 380 g/mol. The number of amides is 1. The number of nitrogens with one attached hydrogen (secondary N) is 2. The predicted octanol–water partition coefficient (Wildman–Crippen LogP) is 2.79. The Morgan fingerprint density at radius 2 is 1.96 bits per heavy atom. The number of rotatable bonds is 6. The molecule has 0 spiro atoms. The van der Waals surface area contributed by atoms with Crippen molar-refractivity contribution < 1.29 is 14.3 Å². The van der Waals surface area contributed by atoms with Crippen molar-refractivity contribution in [3.63, 3.8) is 0 Å². The molecule has 0 radical (unpaired) electrons. The summed E-state index contributed by atoms with van der Waals surface area (Å²) in [6.45, 7) is 2.40. The summed E-state index contributed by atoms with van der Waals surface area (Å²) >= 11 is 0. The number of carbonyl (C=O) groups excluding carboxylic acids is 2. The van der Waals surface area contributed by atoms with Crippen LogP contribution >= 0.6 is 12.4 Å². The molecule has 1 aliphatic heterocycles. The first-order chi connectivity index (χ1) is 12.2. The van der Waals surface area contributed by atoms with Crippen molar-refractivity contribution >= 4 is 24.3 Å². The van der Waals surface area contributed by atoms with Gasteiger partial charge in [0.05, 0.1) is 18.6 Å². The molecule has 1 aromatic carbocycles. The van der Waals surface area contributed by atoms with E-state index < -0.39 is 5.92 Å². The van der Waals surface area contributed by atoms with Gasteiger partial charge in [-0.1, -0.05) is 43.2 Å². The van der Waals surface area contributed by atoms with E-state index in [4.69, 9.17) is 4.74 Å². The minimum atomic E-state index is -0.464. The lowest BCUT2D eigenvalue weighted by Gasteiger charge is -2.24. The normalized spacial score (nSPS) is 25.5. The Morgan fingerprint density at radius 3 is 2.65 bits per heavy atom. The zero-order valence-corrected chi connectivity index (χ0v) is 16.1. The van der Waals surface area contributed by atoms with Gasteiger partial charge in [-0.3, -0.25) is 9.59 Å². The Balaban J connectivity index is 0.00000243. The number of halogens is 1. The molecule has 2 aliphatic rings. The van der Waals surface area contributed by atoms with Crippen molar-refractivity contribution in [2.45, 2.75) is 57.0 Å². The van der Waals surface area contributed by atoms with E-state index in [0.29, 0.717) is 18.6 Å². The standard InChI is InChI=1S/C20H28N2O3.ClH/c1-2-25-20(24)16(14-8-4-3-5-9-14)13-21-19(23)18-12-15-10-6-7-11-17(15)22-18;/h3-5,8-9,15-18,22H,2,6-7,10-13H2,1H3,(H,21,23);1H. The summed E-state index contributed by atoms with van der Waals surface area (Å²) in [5.74, 6) is -0.130. The van der Waals surface area contributed by atoms with E-state index in [-0.39, 0.29) is 36.9 Å². The highest BCUT2D eigenvalue weighted by Gasteiger charge is 2.38. The van der Waals surface area contributed by atoms with E-state index in [1.54, 1.807) is 6.92 Å². The third-order valence-corrected chi connectivity index (χ3v) is 5.43. The van der Waals surface area contributed by atoms with Gasteiger partial charge in [-0.15, -0.1) is 12.4 Å². The summed E-state index contributed by atoms with van der Waals surface area (Å²) in [5, 5.41) is 6.45. The molecule has 2 fully saturated rings. The molecule has 5 nitrogen and oxygen atoms in total. The smallest absolute Gasteiger partial charge is 0.315 e. The van der Waals surface area contributed by atoms with Gasteiger partial charge in [0.15, 0.2) is 0 Å². The maximum Gasteiger partial charge on any atom is 0.315 e.